The highest BCUT2D eigenvalue weighted by atomic mass is 19.1. The van der Waals surface area contributed by atoms with Gasteiger partial charge in [0.05, 0.1) is 6.42 Å². The number of fused-ring (bicyclic) bond motifs is 1. The minimum atomic E-state index is -0.678. The molecule has 108 valence electrons. The minimum Gasteiger partial charge on any atom is -0.325 e. The lowest BCUT2D eigenvalue weighted by Crippen LogP contribution is -2.16. The molecule has 0 radical (unpaired) electrons. The molecule has 0 unspecified atom stereocenters. The molecule has 5 heteroatoms. The molecule has 0 saturated heterocycles. The van der Waals surface area contributed by atoms with E-state index in [4.69, 9.17) is 0 Å². The number of rotatable bonds is 3. The maximum absolute atomic E-state index is 13.1. The highest BCUT2D eigenvalue weighted by Gasteiger charge is 2.15. The fraction of sp³-hybridized carbons (Fsp3) is 0.188. The predicted molar refractivity (Wildman–Crippen MR) is 75.7 cm³/mol. The van der Waals surface area contributed by atoms with E-state index in [1.807, 2.05) is 18.2 Å². The van der Waals surface area contributed by atoms with Gasteiger partial charge in [0.1, 0.15) is 11.6 Å². The summed E-state index contributed by atoms with van der Waals surface area (Å²) in [6, 6.07) is 8.84. The summed E-state index contributed by atoms with van der Waals surface area (Å²) in [5.74, 6) is -1.65. The molecule has 0 spiro atoms. The smallest absolute Gasteiger partial charge is 0.228 e. The molecule has 3 nitrogen and oxygen atoms in total. The average molecular weight is 288 g/mol. The lowest BCUT2D eigenvalue weighted by atomic mass is 10.1. The summed E-state index contributed by atoms with van der Waals surface area (Å²) in [5.41, 5.74) is 3.29. The van der Waals surface area contributed by atoms with Crippen molar-refractivity contribution in [2.75, 3.05) is 5.32 Å². The van der Waals surface area contributed by atoms with Crippen molar-refractivity contribution < 1.29 is 13.6 Å². The van der Waals surface area contributed by atoms with Gasteiger partial charge in [0, 0.05) is 24.8 Å². The SMILES string of the molecule is O=C(Cc1cc(F)cc(F)c1)Nc1cccc2c1CNC2. The van der Waals surface area contributed by atoms with Crippen molar-refractivity contribution in [3.63, 3.8) is 0 Å². The number of hydrogen-bond acceptors (Lipinski definition) is 2. The summed E-state index contributed by atoms with van der Waals surface area (Å²) in [7, 11) is 0. The Morgan fingerprint density at radius 1 is 1.14 bits per heavy atom. The van der Waals surface area contributed by atoms with Crippen LogP contribution in [0.1, 0.15) is 16.7 Å². The molecule has 21 heavy (non-hydrogen) atoms. The van der Waals surface area contributed by atoms with Crippen LogP contribution in [0.3, 0.4) is 0 Å². The Hall–Kier alpha value is -2.27. The molecular formula is C16H14F2N2O. The number of anilines is 1. The molecule has 2 aromatic carbocycles. The number of amides is 1. The van der Waals surface area contributed by atoms with E-state index in [0.29, 0.717) is 12.1 Å². The van der Waals surface area contributed by atoms with Crippen LogP contribution < -0.4 is 10.6 Å². The maximum Gasteiger partial charge on any atom is 0.228 e. The van der Waals surface area contributed by atoms with Gasteiger partial charge in [0.25, 0.3) is 0 Å². The van der Waals surface area contributed by atoms with Crippen molar-refractivity contribution in [1.82, 2.24) is 5.32 Å². The summed E-state index contributed by atoms with van der Waals surface area (Å²) >= 11 is 0. The van der Waals surface area contributed by atoms with Crippen LogP contribution in [0, 0.1) is 11.6 Å². The second-order valence-electron chi connectivity index (χ2n) is 5.05. The monoisotopic (exact) mass is 288 g/mol. The molecule has 0 atom stereocenters. The summed E-state index contributed by atoms with van der Waals surface area (Å²) in [5, 5.41) is 6.02. The standard InChI is InChI=1S/C16H14F2N2O/c17-12-4-10(5-13(18)7-12)6-16(21)20-15-3-1-2-11-8-19-9-14(11)15/h1-5,7,19H,6,8-9H2,(H,20,21). The zero-order valence-corrected chi connectivity index (χ0v) is 11.2. The highest BCUT2D eigenvalue weighted by molar-refractivity contribution is 5.93. The van der Waals surface area contributed by atoms with Crippen molar-refractivity contribution >= 4 is 11.6 Å². The second-order valence-corrected chi connectivity index (χ2v) is 5.05. The third-order valence-corrected chi connectivity index (χ3v) is 3.45. The number of carbonyl (C=O) groups excluding carboxylic acids is 1. The van der Waals surface area contributed by atoms with Crippen molar-refractivity contribution in [2.45, 2.75) is 19.5 Å². The van der Waals surface area contributed by atoms with E-state index in [1.165, 1.54) is 12.1 Å². The van der Waals surface area contributed by atoms with E-state index < -0.39 is 11.6 Å². The van der Waals surface area contributed by atoms with Gasteiger partial charge in [0.15, 0.2) is 0 Å². The molecule has 0 aliphatic carbocycles. The Morgan fingerprint density at radius 2 is 1.90 bits per heavy atom. The molecule has 1 aliphatic rings. The first-order chi connectivity index (χ1) is 10.1. The van der Waals surface area contributed by atoms with Crippen LogP contribution >= 0.6 is 0 Å². The van der Waals surface area contributed by atoms with Gasteiger partial charge in [-0.05, 0) is 34.9 Å². The van der Waals surface area contributed by atoms with Gasteiger partial charge in [-0.15, -0.1) is 0 Å². The van der Waals surface area contributed by atoms with E-state index in [2.05, 4.69) is 10.6 Å². The van der Waals surface area contributed by atoms with Crippen molar-refractivity contribution in [3.05, 3.63) is 64.7 Å². The number of benzene rings is 2. The molecule has 3 rings (SSSR count). The zero-order chi connectivity index (χ0) is 14.8. The Labute approximate surface area is 121 Å². The Balaban J connectivity index is 1.74. The van der Waals surface area contributed by atoms with Gasteiger partial charge in [-0.2, -0.15) is 0 Å². The van der Waals surface area contributed by atoms with E-state index >= 15 is 0 Å². The topological polar surface area (TPSA) is 41.1 Å². The van der Waals surface area contributed by atoms with E-state index in [0.717, 1.165) is 29.4 Å². The van der Waals surface area contributed by atoms with Crippen LogP contribution in [0.5, 0.6) is 0 Å². The Morgan fingerprint density at radius 3 is 2.67 bits per heavy atom. The van der Waals surface area contributed by atoms with E-state index in [1.54, 1.807) is 0 Å². The molecule has 1 heterocycles. The second kappa shape index (κ2) is 5.61. The third-order valence-electron chi connectivity index (χ3n) is 3.45. The normalized spacial score (nSPS) is 13.0. The van der Waals surface area contributed by atoms with Crippen LogP contribution in [0.4, 0.5) is 14.5 Å². The molecule has 2 aromatic rings. The molecule has 0 fully saturated rings. The predicted octanol–water partition coefficient (Wildman–Crippen LogP) is 2.75. The first kappa shape index (κ1) is 13.7. The van der Waals surface area contributed by atoms with Gasteiger partial charge >= 0.3 is 0 Å². The van der Waals surface area contributed by atoms with Gasteiger partial charge in [0.2, 0.25) is 5.91 Å². The lowest BCUT2D eigenvalue weighted by Gasteiger charge is -2.10. The third kappa shape index (κ3) is 3.08. The summed E-state index contributed by atoms with van der Waals surface area (Å²) < 4.78 is 26.2. The lowest BCUT2D eigenvalue weighted by molar-refractivity contribution is -0.115. The van der Waals surface area contributed by atoms with Crippen LogP contribution in [-0.4, -0.2) is 5.91 Å². The van der Waals surface area contributed by atoms with Crippen molar-refractivity contribution in [1.29, 1.82) is 0 Å². The van der Waals surface area contributed by atoms with Crippen LogP contribution in [0.15, 0.2) is 36.4 Å². The van der Waals surface area contributed by atoms with Crippen LogP contribution in [0.2, 0.25) is 0 Å². The molecule has 0 aromatic heterocycles. The first-order valence-electron chi connectivity index (χ1n) is 6.68. The molecule has 2 N–H and O–H groups in total. The molecule has 0 saturated carbocycles. The van der Waals surface area contributed by atoms with Crippen molar-refractivity contribution in [3.8, 4) is 0 Å². The zero-order valence-electron chi connectivity index (χ0n) is 11.2. The Bertz CT molecular complexity index is 680. The molecule has 1 amide bonds. The van der Waals surface area contributed by atoms with Gasteiger partial charge in [-0.1, -0.05) is 12.1 Å². The molecule has 1 aliphatic heterocycles. The van der Waals surface area contributed by atoms with E-state index in [9.17, 15) is 13.6 Å². The quantitative estimate of drug-likeness (QED) is 0.912. The fourth-order valence-electron chi connectivity index (χ4n) is 2.54. The Kier molecular flexibility index (Phi) is 3.66. The van der Waals surface area contributed by atoms with Gasteiger partial charge in [-0.25, -0.2) is 8.78 Å². The van der Waals surface area contributed by atoms with Crippen LogP contribution in [-0.2, 0) is 24.3 Å². The number of halogens is 2. The average Bonchev–Trinajstić information content (AvgIpc) is 2.86. The molecular weight excluding hydrogens is 274 g/mol. The van der Waals surface area contributed by atoms with Gasteiger partial charge in [-0.3, -0.25) is 4.79 Å². The summed E-state index contributed by atoms with van der Waals surface area (Å²) in [4.78, 5) is 12.0. The largest absolute Gasteiger partial charge is 0.325 e. The van der Waals surface area contributed by atoms with E-state index in [-0.39, 0.29) is 12.3 Å². The summed E-state index contributed by atoms with van der Waals surface area (Å²) in [6.45, 7) is 1.49. The fourth-order valence-corrected chi connectivity index (χ4v) is 2.54. The minimum absolute atomic E-state index is 0.0637. The van der Waals surface area contributed by atoms with Crippen LogP contribution in [0.25, 0.3) is 0 Å². The molecule has 0 bridgehead atoms. The number of hydrogen-bond donors (Lipinski definition) is 2. The highest BCUT2D eigenvalue weighted by Crippen LogP contribution is 2.24. The maximum atomic E-state index is 13.1. The first-order valence-corrected chi connectivity index (χ1v) is 6.68. The number of nitrogens with one attached hydrogen (secondary N) is 2. The summed E-state index contributed by atoms with van der Waals surface area (Å²) in [6.07, 6.45) is -0.0637. The van der Waals surface area contributed by atoms with Crippen molar-refractivity contribution in [2.24, 2.45) is 0 Å². The number of carbonyl (C=O) groups is 1. The van der Waals surface area contributed by atoms with Gasteiger partial charge < -0.3 is 10.6 Å².